The molecule has 0 bridgehead atoms. The Labute approximate surface area is 170 Å². The number of anilines is 1. The Morgan fingerprint density at radius 2 is 1.90 bits per heavy atom. The van der Waals surface area contributed by atoms with Crippen molar-refractivity contribution in [2.45, 2.75) is 17.9 Å². The van der Waals surface area contributed by atoms with Crippen LogP contribution in [0.4, 0.5) is 11.4 Å². The van der Waals surface area contributed by atoms with E-state index < -0.39 is 22.9 Å². The fourth-order valence-corrected chi connectivity index (χ4v) is 3.15. The lowest BCUT2D eigenvalue weighted by Crippen LogP contribution is -2.30. The van der Waals surface area contributed by atoms with Crippen LogP contribution in [0.25, 0.3) is 0 Å². The Hall–Kier alpha value is -3.27. The second-order valence-corrected chi connectivity index (χ2v) is 6.89. The molecule has 9 nitrogen and oxygen atoms in total. The quantitative estimate of drug-likeness (QED) is 0.329. The van der Waals surface area contributed by atoms with Gasteiger partial charge in [-0.3, -0.25) is 14.9 Å². The number of carbonyl (C=O) groups is 2. The van der Waals surface area contributed by atoms with E-state index in [1.165, 1.54) is 30.8 Å². The minimum absolute atomic E-state index is 0.00604. The lowest BCUT2D eigenvalue weighted by Gasteiger charge is -2.19. The second-order valence-electron chi connectivity index (χ2n) is 6.04. The number of esters is 1. The summed E-state index contributed by atoms with van der Waals surface area (Å²) in [5.41, 5.74) is 0.260. The van der Waals surface area contributed by atoms with Gasteiger partial charge in [-0.2, -0.15) is 0 Å². The molecule has 1 heterocycles. The van der Waals surface area contributed by atoms with Crippen LogP contribution >= 0.6 is 11.8 Å². The minimum atomic E-state index is -1.12. The highest BCUT2D eigenvalue weighted by Gasteiger charge is 2.23. The molecule has 0 unspecified atom stereocenters. The number of rotatable bonds is 6. The summed E-state index contributed by atoms with van der Waals surface area (Å²) >= 11 is 1.20. The molecule has 1 aliphatic rings. The number of ether oxygens (including phenoxy) is 3. The van der Waals surface area contributed by atoms with Crippen molar-refractivity contribution in [3.63, 3.8) is 0 Å². The average molecular weight is 418 g/mol. The van der Waals surface area contributed by atoms with Crippen LogP contribution < -0.4 is 14.8 Å². The summed E-state index contributed by atoms with van der Waals surface area (Å²) in [5, 5.41) is 13.8. The van der Waals surface area contributed by atoms with Crippen molar-refractivity contribution in [1.82, 2.24) is 0 Å². The standard InChI is InChI=1S/C19H18N2O7S/c1-11(18(22)20-13-4-5-15-16(10-13)27-8-7-26-15)28-19(23)12-3-6-17(29-2)14(9-12)21(24)25/h3-6,9-11H,7-8H2,1-2H3,(H,20,22)/t11-/m1/s1. The van der Waals surface area contributed by atoms with Crippen LogP contribution in [0.5, 0.6) is 11.5 Å². The van der Waals surface area contributed by atoms with Gasteiger partial charge in [-0.1, -0.05) is 0 Å². The highest BCUT2D eigenvalue weighted by Crippen LogP contribution is 2.32. The summed E-state index contributed by atoms with van der Waals surface area (Å²) in [7, 11) is 0. The van der Waals surface area contributed by atoms with Crippen molar-refractivity contribution in [1.29, 1.82) is 0 Å². The van der Waals surface area contributed by atoms with Crippen LogP contribution in [0.1, 0.15) is 17.3 Å². The van der Waals surface area contributed by atoms with E-state index >= 15 is 0 Å². The van der Waals surface area contributed by atoms with Gasteiger partial charge in [0.25, 0.3) is 11.6 Å². The zero-order chi connectivity index (χ0) is 21.0. The molecular formula is C19H18N2O7S. The second kappa shape index (κ2) is 8.82. The van der Waals surface area contributed by atoms with Gasteiger partial charge in [-0.05, 0) is 37.4 Å². The molecule has 0 spiro atoms. The third-order valence-corrected chi connectivity index (χ3v) is 4.86. The van der Waals surface area contributed by atoms with Crippen molar-refractivity contribution in [2.24, 2.45) is 0 Å². The number of benzene rings is 2. The van der Waals surface area contributed by atoms with Crippen molar-refractivity contribution in [2.75, 3.05) is 24.8 Å². The van der Waals surface area contributed by atoms with E-state index in [0.29, 0.717) is 35.3 Å². The van der Waals surface area contributed by atoms with Crippen LogP contribution in [0, 0.1) is 10.1 Å². The Morgan fingerprint density at radius 3 is 2.59 bits per heavy atom. The van der Waals surface area contributed by atoms with E-state index in [-0.39, 0.29) is 11.3 Å². The molecule has 1 aliphatic heterocycles. The number of nitrogens with one attached hydrogen (secondary N) is 1. The first-order valence-corrected chi connectivity index (χ1v) is 9.85. The largest absolute Gasteiger partial charge is 0.486 e. The number of nitrogens with zero attached hydrogens (tertiary/aromatic N) is 1. The van der Waals surface area contributed by atoms with Crippen LogP contribution in [0.15, 0.2) is 41.3 Å². The van der Waals surface area contributed by atoms with Crippen LogP contribution in [-0.4, -0.2) is 42.4 Å². The van der Waals surface area contributed by atoms with Crippen molar-refractivity contribution in [3.05, 3.63) is 52.1 Å². The Morgan fingerprint density at radius 1 is 1.17 bits per heavy atom. The van der Waals surface area contributed by atoms with E-state index in [2.05, 4.69) is 5.32 Å². The third kappa shape index (κ3) is 4.77. The third-order valence-electron chi connectivity index (χ3n) is 4.07. The van der Waals surface area contributed by atoms with E-state index in [1.807, 2.05) is 0 Å². The number of fused-ring (bicyclic) bond motifs is 1. The van der Waals surface area contributed by atoms with E-state index in [4.69, 9.17) is 14.2 Å². The molecule has 10 heteroatoms. The highest BCUT2D eigenvalue weighted by molar-refractivity contribution is 7.98. The number of thioether (sulfide) groups is 1. The number of hydrogen-bond donors (Lipinski definition) is 1. The van der Waals surface area contributed by atoms with Gasteiger partial charge in [0.15, 0.2) is 17.6 Å². The smallest absolute Gasteiger partial charge is 0.339 e. The molecule has 0 radical (unpaired) electrons. The first-order valence-electron chi connectivity index (χ1n) is 8.63. The summed E-state index contributed by atoms with van der Waals surface area (Å²) in [5.74, 6) is -0.278. The molecule has 0 aliphatic carbocycles. The van der Waals surface area contributed by atoms with Gasteiger partial charge in [-0.25, -0.2) is 4.79 Å². The van der Waals surface area contributed by atoms with Gasteiger partial charge in [-0.15, -0.1) is 11.8 Å². The molecule has 0 saturated carbocycles. The Kier molecular flexibility index (Phi) is 6.23. The van der Waals surface area contributed by atoms with Crippen LogP contribution in [0.3, 0.4) is 0 Å². The van der Waals surface area contributed by atoms with Gasteiger partial charge in [0.1, 0.15) is 13.2 Å². The minimum Gasteiger partial charge on any atom is -0.486 e. The number of carbonyl (C=O) groups excluding carboxylic acids is 2. The summed E-state index contributed by atoms with van der Waals surface area (Å²) in [4.78, 5) is 35.7. The molecule has 1 atom stereocenters. The topological polar surface area (TPSA) is 117 Å². The highest BCUT2D eigenvalue weighted by atomic mass is 32.2. The van der Waals surface area contributed by atoms with Crippen molar-refractivity contribution < 1.29 is 28.7 Å². The van der Waals surface area contributed by atoms with Gasteiger partial charge in [0.05, 0.1) is 15.4 Å². The first kappa shape index (κ1) is 20.5. The van der Waals surface area contributed by atoms with E-state index in [1.54, 1.807) is 24.5 Å². The van der Waals surface area contributed by atoms with Gasteiger partial charge in [0.2, 0.25) is 0 Å². The molecule has 0 aromatic heterocycles. The van der Waals surface area contributed by atoms with E-state index in [9.17, 15) is 19.7 Å². The summed E-state index contributed by atoms with van der Waals surface area (Å²) in [6.45, 7) is 2.29. The molecule has 152 valence electrons. The monoisotopic (exact) mass is 418 g/mol. The van der Waals surface area contributed by atoms with E-state index in [0.717, 1.165) is 6.07 Å². The molecule has 1 N–H and O–H groups in total. The zero-order valence-corrected chi connectivity index (χ0v) is 16.5. The predicted molar refractivity (Wildman–Crippen MR) is 106 cm³/mol. The Bertz CT molecular complexity index is 964. The molecule has 0 saturated heterocycles. The maximum Gasteiger partial charge on any atom is 0.339 e. The van der Waals surface area contributed by atoms with Crippen LogP contribution in [0.2, 0.25) is 0 Å². The normalized spacial score (nSPS) is 13.3. The average Bonchev–Trinajstić information content (AvgIpc) is 2.72. The predicted octanol–water partition coefficient (Wildman–Crippen LogP) is 3.27. The van der Waals surface area contributed by atoms with Crippen LogP contribution in [-0.2, 0) is 9.53 Å². The SMILES string of the molecule is CSc1ccc(C(=O)O[C@H](C)C(=O)Nc2ccc3c(c2)OCCO3)cc1[N+](=O)[O-]. The molecule has 29 heavy (non-hydrogen) atoms. The zero-order valence-electron chi connectivity index (χ0n) is 15.7. The summed E-state index contributed by atoms with van der Waals surface area (Å²) < 4.78 is 16.0. The number of nitro groups is 1. The van der Waals surface area contributed by atoms with Gasteiger partial charge < -0.3 is 19.5 Å². The fourth-order valence-electron chi connectivity index (χ4n) is 2.61. The molecule has 1 amide bonds. The molecular weight excluding hydrogens is 400 g/mol. The first-order chi connectivity index (χ1) is 13.9. The molecule has 2 aromatic carbocycles. The van der Waals surface area contributed by atoms with Gasteiger partial charge in [0, 0.05) is 17.8 Å². The molecule has 2 aromatic rings. The Balaban J connectivity index is 1.65. The molecule has 3 rings (SSSR count). The number of nitro benzene ring substituents is 1. The maximum absolute atomic E-state index is 12.4. The lowest BCUT2D eigenvalue weighted by atomic mass is 10.2. The summed E-state index contributed by atoms with van der Waals surface area (Å²) in [6, 6.07) is 8.97. The maximum atomic E-state index is 12.4. The van der Waals surface area contributed by atoms with Gasteiger partial charge >= 0.3 is 5.97 Å². The summed E-state index contributed by atoms with van der Waals surface area (Å²) in [6.07, 6.45) is 0.583. The lowest BCUT2D eigenvalue weighted by molar-refractivity contribution is -0.387. The van der Waals surface area contributed by atoms with Crippen molar-refractivity contribution in [3.8, 4) is 11.5 Å². The van der Waals surface area contributed by atoms with Crippen molar-refractivity contribution >= 4 is 35.0 Å². The fraction of sp³-hybridized carbons (Fsp3) is 0.263. The number of hydrogen-bond acceptors (Lipinski definition) is 8. The number of amides is 1. The molecule has 0 fully saturated rings.